The highest BCUT2D eigenvalue weighted by molar-refractivity contribution is 7.45. The summed E-state index contributed by atoms with van der Waals surface area (Å²) in [6.45, 7) is 4.10. The Morgan fingerprint density at radius 2 is 0.814 bits per heavy atom. The first-order valence-electron chi connectivity index (χ1n) is 28.3. The summed E-state index contributed by atoms with van der Waals surface area (Å²) >= 11 is 0. The van der Waals surface area contributed by atoms with Gasteiger partial charge in [0, 0.05) is 12.8 Å². The molecule has 9 nitrogen and oxygen atoms in total. The van der Waals surface area contributed by atoms with Gasteiger partial charge in [-0.15, -0.1) is 0 Å². The van der Waals surface area contributed by atoms with Crippen molar-refractivity contribution in [3.05, 3.63) is 85.1 Å². The van der Waals surface area contributed by atoms with E-state index in [1.54, 1.807) is 0 Å². The minimum atomic E-state index is -4.64. The molecule has 0 saturated heterocycles. The topological polar surface area (TPSA) is 111 Å². The number of ether oxygens (including phenoxy) is 2. The third-order valence-corrected chi connectivity index (χ3v) is 12.9. The van der Waals surface area contributed by atoms with Gasteiger partial charge < -0.3 is 27.9 Å². The summed E-state index contributed by atoms with van der Waals surface area (Å²) in [5.41, 5.74) is 0. The van der Waals surface area contributed by atoms with E-state index in [4.69, 9.17) is 18.5 Å². The zero-order chi connectivity index (χ0) is 51.3. The van der Waals surface area contributed by atoms with Gasteiger partial charge in [-0.3, -0.25) is 14.2 Å². The molecule has 404 valence electrons. The minimum Gasteiger partial charge on any atom is -0.756 e. The maximum absolute atomic E-state index is 12.8. The van der Waals surface area contributed by atoms with Crippen LogP contribution in [0.5, 0.6) is 0 Å². The molecule has 0 aliphatic rings. The number of phosphoric ester groups is 1. The zero-order valence-corrected chi connectivity index (χ0v) is 46.6. The Balaban J connectivity index is 4.22. The lowest BCUT2D eigenvalue weighted by Gasteiger charge is -2.28. The van der Waals surface area contributed by atoms with Gasteiger partial charge in [0.25, 0.3) is 7.82 Å². The van der Waals surface area contributed by atoms with E-state index in [1.165, 1.54) is 109 Å². The molecule has 0 fully saturated rings. The van der Waals surface area contributed by atoms with E-state index >= 15 is 0 Å². The van der Waals surface area contributed by atoms with Crippen LogP contribution in [0.4, 0.5) is 0 Å². The molecular formula is C60H106NO8P. The first kappa shape index (κ1) is 67.2. The van der Waals surface area contributed by atoms with E-state index in [0.29, 0.717) is 23.9 Å². The number of quaternary nitrogens is 1. The average Bonchev–Trinajstić information content (AvgIpc) is 3.32. The molecule has 2 atom stereocenters. The third-order valence-electron chi connectivity index (χ3n) is 11.9. The standard InChI is InChI=1S/C60H106NO8P/c1-6-8-10-12-14-16-18-20-22-24-26-28-29-30-31-33-35-37-39-41-43-45-47-49-51-53-60(63)69-58(57-68-70(64,65)67-55-54-61(3,4)5)56-66-59(62)52-50-48-46-44-42-40-38-36-34-32-27-25-23-21-19-17-15-13-11-9-7-2/h8,10,14,16,19-22,25-28,34,36,58H,6-7,9,11-13,15,17-18,23-24,29-33,35,37-57H2,1-5H3/b10-8-,16-14-,21-19-,22-20-,27-25-,28-26-,36-34-. The van der Waals surface area contributed by atoms with Crippen molar-refractivity contribution in [2.24, 2.45) is 0 Å². The number of nitrogens with zero attached hydrogens (tertiary/aromatic N) is 1. The molecule has 0 N–H and O–H groups in total. The number of hydrogen-bond acceptors (Lipinski definition) is 8. The fraction of sp³-hybridized carbons (Fsp3) is 0.733. The predicted molar refractivity (Wildman–Crippen MR) is 296 cm³/mol. The molecule has 0 aliphatic carbocycles. The van der Waals surface area contributed by atoms with Crippen molar-refractivity contribution in [3.63, 3.8) is 0 Å². The quantitative estimate of drug-likeness (QED) is 0.0195. The van der Waals surface area contributed by atoms with Crippen LogP contribution in [0.3, 0.4) is 0 Å². The molecule has 70 heavy (non-hydrogen) atoms. The number of unbranched alkanes of at least 4 members (excludes halogenated alkanes) is 23. The lowest BCUT2D eigenvalue weighted by Crippen LogP contribution is -2.37. The molecule has 10 heteroatoms. The first-order valence-corrected chi connectivity index (χ1v) is 29.8. The maximum atomic E-state index is 12.8. The Morgan fingerprint density at radius 3 is 1.21 bits per heavy atom. The second-order valence-corrected chi connectivity index (χ2v) is 21.3. The van der Waals surface area contributed by atoms with Gasteiger partial charge in [0.05, 0.1) is 27.7 Å². The normalized spacial score (nSPS) is 14.0. The van der Waals surface area contributed by atoms with E-state index in [2.05, 4.69) is 98.9 Å². The molecule has 0 amide bonds. The summed E-state index contributed by atoms with van der Waals surface area (Å²) in [5.74, 6) is -0.851. The molecule has 0 spiro atoms. The van der Waals surface area contributed by atoms with Crippen LogP contribution in [-0.2, 0) is 32.7 Å². The summed E-state index contributed by atoms with van der Waals surface area (Å²) in [6, 6.07) is 0. The number of likely N-dealkylation sites (N-methyl/N-ethyl adjacent to an activating group) is 1. The van der Waals surface area contributed by atoms with Gasteiger partial charge >= 0.3 is 11.9 Å². The molecule has 0 radical (unpaired) electrons. The van der Waals surface area contributed by atoms with Crippen LogP contribution < -0.4 is 4.89 Å². The summed E-state index contributed by atoms with van der Waals surface area (Å²) in [4.78, 5) is 37.9. The van der Waals surface area contributed by atoms with Gasteiger partial charge in [0.2, 0.25) is 0 Å². The van der Waals surface area contributed by atoms with Crippen LogP contribution >= 0.6 is 7.82 Å². The van der Waals surface area contributed by atoms with Gasteiger partial charge in [-0.1, -0.05) is 214 Å². The van der Waals surface area contributed by atoms with Gasteiger partial charge in [-0.25, -0.2) is 0 Å². The van der Waals surface area contributed by atoms with E-state index < -0.39 is 32.5 Å². The van der Waals surface area contributed by atoms with Crippen LogP contribution in [0.1, 0.15) is 232 Å². The highest BCUT2D eigenvalue weighted by Crippen LogP contribution is 2.38. The Bertz CT molecular complexity index is 1460. The van der Waals surface area contributed by atoms with Gasteiger partial charge in [0.15, 0.2) is 6.10 Å². The van der Waals surface area contributed by atoms with Crippen LogP contribution in [-0.4, -0.2) is 70.0 Å². The van der Waals surface area contributed by atoms with Crippen molar-refractivity contribution in [2.75, 3.05) is 47.5 Å². The number of esters is 2. The maximum Gasteiger partial charge on any atom is 0.306 e. The van der Waals surface area contributed by atoms with Crippen molar-refractivity contribution in [3.8, 4) is 0 Å². The number of rotatable bonds is 51. The van der Waals surface area contributed by atoms with E-state index in [-0.39, 0.29) is 26.1 Å². The second kappa shape index (κ2) is 51.1. The lowest BCUT2D eigenvalue weighted by atomic mass is 10.0. The van der Waals surface area contributed by atoms with E-state index in [1.807, 2.05) is 21.1 Å². The summed E-state index contributed by atoms with van der Waals surface area (Å²) in [6.07, 6.45) is 67.6. The van der Waals surface area contributed by atoms with Crippen LogP contribution in [0, 0.1) is 0 Å². The molecule has 0 aromatic rings. The average molecular weight is 1000 g/mol. The van der Waals surface area contributed by atoms with E-state index in [0.717, 1.165) is 83.5 Å². The Labute approximate surface area is 431 Å². The molecule has 0 saturated carbocycles. The summed E-state index contributed by atoms with van der Waals surface area (Å²) < 4.78 is 34.1. The first-order chi connectivity index (χ1) is 34.0. The Hall–Kier alpha value is -2.81. The third kappa shape index (κ3) is 54.5. The number of phosphoric acid groups is 1. The summed E-state index contributed by atoms with van der Waals surface area (Å²) in [5, 5.41) is 0. The van der Waals surface area contributed by atoms with Crippen LogP contribution in [0.25, 0.3) is 0 Å². The number of carbonyl (C=O) groups excluding carboxylic acids is 2. The molecule has 0 rings (SSSR count). The Kier molecular flexibility index (Phi) is 49.1. The second-order valence-electron chi connectivity index (χ2n) is 19.9. The highest BCUT2D eigenvalue weighted by Gasteiger charge is 2.21. The summed E-state index contributed by atoms with van der Waals surface area (Å²) in [7, 11) is 1.15. The molecular weight excluding hydrogens is 894 g/mol. The van der Waals surface area contributed by atoms with E-state index in [9.17, 15) is 19.0 Å². The highest BCUT2D eigenvalue weighted by atomic mass is 31.2. The number of allylic oxidation sites excluding steroid dienone is 14. The molecule has 0 aromatic carbocycles. The molecule has 0 aliphatic heterocycles. The monoisotopic (exact) mass is 1000 g/mol. The molecule has 0 bridgehead atoms. The van der Waals surface area contributed by atoms with Crippen molar-refractivity contribution in [2.45, 2.75) is 238 Å². The molecule has 0 heterocycles. The fourth-order valence-corrected chi connectivity index (χ4v) is 8.26. The van der Waals surface area contributed by atoms with Crippen molar-refractivity contribution >= 4 is 19.8 Å². The van der Waals surface area contributed by atoms with Crippen LogP contribution in [0.15, 0.2) is 85.1 Å². The SMILES string of the molecule is CC/C=C\C/C=C\C/C=C\C/C=C\CCCCCCCCCCCCCCC(=O)OC(COC(=O)CCCCCCCC/C=C\C/C=C\C/C=C\CCCCCCC)COP(=O)([O-])OCC[N+](C)(C)C. The molecule has 2 unspecified atom stereocenters. The minimum absolute atomic E-state index is 0.0371. The zero-order valence-electron chi connectivity index (χ0n) is 45.7. The number of hydrogen-bond donors (Lipinski definition) is 0. The molecule has 0 aromatic heterocycles. The fourth-order valence-electron chi connectivity index (χ4n) is 7.54. The van der Waals surface area contributed by atoms with Crippen molar-refractivity contribution < 1.29 is 42.1 Å². The van der Waals surface area contributed by atoms with Crippen molar-refractivity contribution in [1.29, 1.82) is 0 Å². The predicted octanol–water partition coefficient (Wildman–Crippen LogP) is 16.8. The smallest absolute Gasteiger partial charge is 0.306 e. The Morgan fingerprint density at radius 1 is 0.457 bits per heavy atom. The van der Waals surface area contributed by atoms with Gasteiger partial charge in [0.1, 0.15) is 19.8 Å². The van der Waals surface area contributed by atoms with Gasteiger partial charge in [-0.2, -0.15) is 0 Å². The number of carbonyl (C=O) groups is 2. The van der Waals surface area contributed by atoms with Crippen molar-refractivity contribution in [1.82, 2.24) is 0 Å². The van der Waals surface area contributed by atoms with Gasteiger partial charge in [-0.05, 0) is 89.9 Å². The largest absolute Gasteiger partial charge is 0.756 e. The van der Waals surface area contributed by atoms with Crippen LogP contribution in [0.2, 0.25) is 0 Å². The lowest BCUT2D eigenvalue weighted by molar-refractivity contribution is -0.870.